The van der Waals surface area contributed by atoms with Crippen LogP contribution in [0.15, 0.2) is 39.5 Å². The second-order valence-corrected chi connectivity index (χ2v) is 7.97. The smallest absolute Gasteiger partial charge is 0.227 e. The summed E-state index contributed by atoms with van der Waals surface area (Å²) >= 11 is 1.58. The van der Waals surface area contributed by atoms with Gasteiger partial charge in [-0.1, -0.05) is 51.1 Å². The number of hydrogen-bond acceptors (Lipinski definition) is 5. The van der Waals surface area contributed by atoms with E-state index in [-0.39, 0.29) is 5.91 Å². The predicted octanol–water partition coefficient (Wildman–Crippen LogP) is 5.62. The molecule has 0 aliphatic carbocycles. The zero-order chi connectivity index (χ0) is 19.4. The van der Waals surface area contributed by atoms with E-state index in [0.717, 1.165) is 22.4 Å². The third-order valence-electron chi connectivity index (χ3n) is 4.45. The first-order chi connectivity index (χ1) is 13.0. The van der Waals surface area contributed by atoms with Crippen LogP contribution in [0.1, 0.15) is 63.0 Å². The molecule has 0 aliphatic heterocycles. The number of carbonyl (C=O) groups is 1. The Bertz CT molecular complexity index is 872. The summed E-state index contributed by atoms with van der Waals surface area (Å²) in [6.45, 7) is 8.55. The van der Waals surface area contributed by atoms with E-state index < -0.39 is 0 Å². The highest BCUT2D eigenvalue weighted by Gasteiger charge is 2.17. The lowest BCUT2D eigenvalue weighted by Crippen LogP contribution is -2.16. The molecular weight excluding hydrogens is 358 g/mol. The minimum Gasteiger partial charge on any atom is -0.339 e. The zero-order valence-electron chi connectivity index (χ0n) is 16.2. The summed E-state index contributed by atoms with van der Waals surface area (Å²) in [5.74, 6) is 1.68. The molecule has 0 bridgehead atoms. The van der Waals surface area contributed by atoms with Crippen molar-refractivity contribution in [2.75, 3.05) is 5.32 Å². The van der Waals surface area contributed by atoms with Gasteiger partial charge in [0.05, 0.1) is 0 Å². The first-order valence-electron chi connectivity index (χ1n) is 9.23. The van der Waals surface area contributed by atoms with E-state index in [2.05, 4.69) is 61.4 Å². The van der Waals surface area contributed by atoms with Crippen LogP contribution in [0, 0.1) is 0 Å². The third kappa shape index (κ3) is 4.63. The van der Waals surface area contributed by atoms with Gasteiger partial charge in [0.1, 0.15) is 0 Å². The fraction of sp³-hybridized carbons (Fsp3) is 0.381. The molecule has 6 heteroatoms. The summed E-state index contributed by atoms with van der Waals surface area (Å²) in [4.78, 5) is 16.9. The van der Waals surface area contributed by atoms with Crippen LogP contribution < -0.4 is 5.32 Å². The molecule has 0 radical (unpaired) electrons. The van der Waals surface area contributed by atoms with Gasteiger partial charge in [0, 0.05) is 29.5 Å². The van der Waals surface area contributed by atoms with E-state index in [9.17, 15) is 4.79 Å². The number of hydrogen-bond donors (Lipinski definition) is 1. The Hall–Kier alpha value is -2.47. The van der Waals surface area contributed by atoms with Crippen molar-refractivity contribution in [2.24, 2.45) is 0 Å². The molecule has 0 saturated heterocycles. The van der Waals surface area contributed by atoms with Crippen molar-refractivity contribution in [3.63, 3.8) is 0 Å². The van der Waals surface area contributed by atoms with Crippen molar-refractivity contribution in [3.8, 4) is 11.4 Å². The molecule has 0 atom stereocenters. The van der Waals surface area contributed by atoms with Crippen molar-refractivity contribution < 1.29 is 9.32 Å². The molecule has 0 saturated carbocycles. The average molecular weight is 384 g/mol. The quantitative estimate of drug-likeness (QED) is 0.575. The van der Waals surface area contributed by atoms with Crippen molar-refractivity contribution in [1.82, 2.24) is 10.1 Å². The van der Waals surface area contributed by atoms with E-state index in [1.165, 1.54) is 0 Å². The van der Waals surface area contributed by atoms with E-state index in [0.29, 0.717) is 36.4 Å². The number of aromatic nitrogens is 2. The number of anilines is 1. The molecule has 27 heavy (non-hydrogen) atoms. The first kappa shape index (κ1) is 19.3. The van der Waals surface area contributed by atoms with Crippen LogP contribution in [0.5, 0.6) is 0 Å². The highest BCUT2D eigenvalue weighted by molar-refractivity contribution is 7.08. The van der Waals surface area contributed by atoms with Crippen LogP contribution in [-0.4, -0.2) is 16.0 Å². The Labute approximate surface area is 163 Å². The van der Waals surface area contributed by atoms with Crippen LogP contribution >= 0.6 is 11.3 Å². The van der Waals surface area contributed by atoms with E-state index >= 15 is 0 Å². The monoisotopic (exact) mass is 383 g/mol. The van der Waals surface area contributed by atoms with Gasteiger partial charge in [-0.15, -0.1) is 0 Å². The fourth-order valence-corrected chi connectivity index (χ4v) is 3.62. The van der Waals surface area contributed by atoms with Crippen LogP contribution in [0.3, 0.4) is 0 Å². The third-order valence-corrected chi connectivity index (χ3v) is 5.13. The standard InChI is InChI=1S/C21H25N3O2S/c1-13(2)16-6-5-7-17(14(3)4)20(16)22-18(25)8-9-19-23-21(24-26-19)15-10-11-27-12-15/h5-7,10-14H,8-9H2,1-4H3,(H,22,25). The number of nitrogens with zero attached hydrogens (tertiary/aromatic N) is 2. The number of amides is 1. The van der Waals surface area contributed by atoms with Crippen LogP contribution in [-0.2, 0) is 11.2 Å². The summed E-state index contributed by atoms with van der Waals surface area (Å²) in [5, 5.41) is 11.0. The number of benzene rings is 1. The molecule has 3 aromatic rings. The largest absolute Gasteiger partial charge is 0.339 e. The molecule has 0 fully saturated rings. The number of carbonyl (C=O) groups excluding carboxylic acids is 1. The molecule has 1 aromatic carbocycles. The minimum atomic E-state index is -0.0414. The maximum Gasteiger partial charge on any atom is 0.227 e. The highest BCUT2D eigenvalue weighted by atomic mass is 32.1. The Morgan fingerprint density at radius 1 is 1.15 bits per heavy atom. The maximum atomic E-state index is 12.6. The fourth-order valence-electron chi connectivity index (χ4n) is 2.98. The van der Waals surface area contributed by atoms with Crippen LogP contribution in [0.4, 0.5) is 5.69 Å². The second kappa shape index (κ2) is 8.48. The zero-order valence-corrected chi connectivity index (χ0v) is 17.0. The molecule has 0 spiro atoms. The van der Waals surface area contributed by atoms with Gasteiger partial charge in [0.15, 0.2) is 0 Å². The Morgan fingerprint density at radius 3 is 2.44 bits per heavy atom. The van der Waals surface area contributed by atoms with Gasteiger partial charge in [-0.05, 0) is 34.4 Å². The van der Waals surface area contributed by atoms with Gasteiger partial charge in [-0.2, -0.15) is 16.3 Å². The van der Waals surface area contributed by atoms with Crippen molar-refractivity contribution in [1.29, 1.82) is 0 Å². The first-order valence-corrected chi connectivity index (χ1v) is 10.2. The van der Waals surface area contributed by atoms with E-state index in [4.69, 9.17) is 4.52 Å². The average Bonchev–Trinajstić information content (AvgIpc) is 3.31. The van der Waals surface area contributed by atoms with E-state index in [1.807, 2.05) is 16.8 Å². The lowest BCUT2D eigenvalue weighted by molar-refractivity contribution is -0.116. The van der Waals surface area contributed by atoms with Crippen molar-refractivity contribution in [3.05, 3.63) is 52.0 Å². The number of rotatable bonds is 7. The summed E-state index contributed by atoms with van der Waals surface area (Å²) in [5.41, 5.74) is 4.20. The van der Waals surface area contributed by atoms with Gasteiger partial charge >= 0.3 is 0 Å². The molecule has 142 valence electrons. The molecule has 0 unspecified atom stereocenters. The Morgan fingerprint density at radius 2 is 1.85 bits per heavy atom. The van der Waals surface area contributed by atoms with Crippen LogP contribution in [0.25, 0.3) is 11.4 Å². The van der Waals surface area contributed by atoms with Gasteiger partial charge in [-0.25, -0.2) is 0 Å². The SMILES string of the molecule is CC(C)c1cccc(C(C)C)c1NC(=O)CCc1nc(-c2ccsc2)no1. The predicted molar refractivity (Wildman–Crippen MR) is 109 cm³/mol. The lowest BCUT2D eigenvalue weighted by atomic mass is 9.92. The summed E-state index contributed by atoms with van der Waals surface area (Å²) < 4.78 is 5.28. The van der Waals surface area contributed by atoms with Crippen molar-refractivity contribution in [2.45, 2.75) is 52.4 Å². The Kier molecular flexibility index (Phi) is 6.06. The molecule has 2 heterocycles. The number of aryl methyl sites for hydroxylation is 1. The molecule has 5 nitrogen and oxygen atoms in total. The number of nitrogens with one attached hydrogen (secondary N) is 1. The van der Waals surface area contributed by atoms with Crippen molar-refractivity contribution >= 4 is 22.9 Å². The normalized spacial score (nSPS) is 11.3. The minimum absolute atomic E-state index is 0.0414. The maximum absolute atomic E-state index is 12.6. The van der Waals surface area contributed by atoms with Gasteiger partial charge in [0.2, 0.25) is 17.6 Å². The second-order valence-electron chi connectivity index (χ2n) is 7.19. The summed E-state index contributed by atoms with van der Waals surface area (Å²) in [6.07, 6.45) is 0.721. The highest BCUT2D eigenvalue weighted by Crippen LogP contribution is 2.32. The molecular formula is C21H25N3O2S. The topological polar surface area (TPSA) is 68.0 Å². The Balaban J connectivity index is 1.68. The molecule has 1 N–H and O–H groups in total. The molecule has 3 rings (SSSR count). The van der Waals surface area contributed by atoms with E-state index in [1.54, 1.807) is 11.3 Å². The molecule has 1 amide bonds. The summed E-state index contributed by atoms with van der Waals surface area (Å²) in [6, 6.07) is 8.17. The van der Waals surface area contributed by atoms with Gasteiger partial charge in [-0.3, -0.25) is 4.79 Å². The molecule has 2 aromatic heterocycles. The molecule has 0 aliphatic rings. The number of para-hydroxylation sites is 1. The number of thiophene rings is 1. The lowest BCUT2D eigenvalue weighted by Gasteiger charge is -2.20. The van der Waals surface area contributed by atoms with Gasteiger partial charge in [0.25, 0.3) is 0 Å². The van der Waals surface area contributed by atoms with Crippen LogP contribution in [0.2, 0.25) is 0 Å². The summed E-state index contributed by atoms with van der Waals surface area (Å²) in [7, 11) is 0. The van der Waals surface area contributed by atoms with Gasteiger partial charge < -0.3 is 9.84 Å².